The van der Waals surface area contributed by atoms with E-state index in [9.17, 15) is 0 Å². The monoisotopic (exact) mass is 374 g/mol. The highest BCUT2D eigenvalue weighted by atomic mass is 32.1. The highest BCUT2D eigenvalue weighted by Crippen LogP contribution is 2.09. The Hall–Kier alpha value is -1.64. The van der Waals surface area contributed by atoms with Gasteiger partial charge in [-0.25, -0.2) is 0 Å². The molecule has 24 heavy (non-hydrogen) atoms. The molecule has 2 rings (SSSR count). The number of fused-ring (bicyclic) bond motifs is 1. The number of benzene rings is 1. The number of aromatic amines is 1. The molecule has 1 aromatic heterocycles. The Labute approximate surface area is 155 Å². The second kappa shape index (κ2) is 21.4. The number of thiol groups is 2. The summed E-state index contributed by atoms with van der Waals surface area (Å²) in [7, 11) is 3.75. The second-order valence-corrected chi connectivity index (χ2v) is 5.12. The summed E-state index contributed by atoms with van der Waals surface area (Å²) in [6.07, 6.45) is 4.59. The Morgan fingerprint density at radius 1 is 1.00 bits per heavy atom. The van der Waals surface area contributed by atoms with E-state index in [0.29, 0.717) is 0 Å². The SMILES string of the molecule is CCCC.CNC.NC(=O)S.NC(=O)S.c1ccc2[nH]ccc2c1. The first-order valence-corrected chi connectivity index (χ1v) is 8.23. The molecule has 0 saturated heterocycles. The van der Waals surface area contributed by atoms with Gasteiger partial charge in [-0.05, 0) is 31.6 Å². The van der Waals surface area contributed by atoms with E-state index in [1.165, 1.54) is 23.7 Å². The Bertz CT molecular complexity index is 481. The fourth-order valence-corrected chi connectivity index (χ4v) is 0.995. The van der Waals surface area contributed by atoms with E-state index in [2.05, 4.69) is 79.1 Å². The molecular formula is C16H30N4O2S2. The number of amides is 2. The van der Waals surface area contributed by atoms with Gasteiger partial charge in [0.05, 0.1) is 0 Å². The Kier molecular flexibility index (Phi) is 24.2. The first kappa shape index (κ1) is 27.2. The van der Waals surface area contributed by atoms with Crippen LogP contribution in [0.2, 0.25) is 0 Å². The predicted octanol–water partition coefficient (Wildman–Crippen LogP) is 3.80. The van der Waals surface area contributed by atoms with Crippen LogP contribution in [0.1, 0.15) is 26.7 Å². The summed E-state index contributed by atoms with van der Waals surface area (Å²) in [5.74, 6) is 0. The fourth-order valence-electron chi connectivity index (χ4n) is 0.995. The molecule has 138 valence electrons. The quantitative estimate of drug-likeness (QED) is 0.427. The van der Waals surface area contributed by atoms with Gasteiger partial charge < -0.3 is 21.8 Å². The van der Waals surface area contributed by atoms with Crippen molar-refractivity contribution in [3.63, 3.8) is 0 Å². The van der Waals surface area contributed by atoms with Crippen LogP contribution in [-0.2, 0) is 0 Å². The normalized spacial score (nSPS) is 7.92. The van der Waals surface area contributed by atoms with E-state index >= 15 is 0 Å². The van der Waals surface area contributed by atoms with Crippen LogP contribution in [0.5, 0.6) is 0 Å². The Balaban J connectivity index is -0.000000254. The van der Waals surface area contributed by atoms with Gasteiger partial charge in [0.25, 0.3) is 10.5 Å². The largest absolute Gasteiger partial charge is 0.361 e. The van der Waals surface area contributed by atoms with Gasteiger partial charge >= 0.3 is 0 Å². The lowest BCUT2D eigenvalue weighted by atomic mass is 10.3. The van der Waals surface area contributed by atoms with Crippen LogP contribution in [0.25, 0.3) is 10.9 Å². The number of hydrogen-bond acceptors (Lipinski definition) is 3. The molecule has 6 nitrogen and oxygen atoms in total. The number of hydrogen-bond donors (Lipinski definition) is 6. The number of para-hydroxylation sites is 1. The van der Waals surface area contributed by atoms with E-state index in [1.54, 1.807) is 0 Å². The van der Waals surface area contributed by atoms with E-state index < -0.39 is 10.5 Å². The molecule has 0 bridgehead atoms. The zero-order valence-corrected chi connectivity index (χ0v) is 16.5. The van der Waals surface area contributed by atoms with Crippen LogP contribution in [0.4, 0.5) is 9.59 Å². The number of carbonyl (C=O) groups is 2. The minimum atomic E-state index is -0.639. The van der Waals surface area contributed by atoms with Gasteiger partial charge in [0.15, 0.2) is 0 Å². The lowest BCUT2D eigenvalue weighted by Crippen LogP contribution is -1.95. The molecule has 0 spiro atoms. The van der Waals surface area contributed by atoms with Crippen molar-refractivity contribution in [1.29, 1.82) is 0 Å². The highest BCUT2D eigenvalue weighted by molar-refractivity contribution is 7.96. The smallest absolute Gasteiger partial charge is 0.273 e. The lowest BCUT2D eigenvalue weighted by molar-refractivity contribution is 0.266. The van der Waals surface area contributed by atoms with Crippen LogP contribution in [0.15, 0.2) is 36.5 Å². The third kappa shape index (κ3) is 28.5. The molecule has 1 aromatic carbocycles. The number of aromatic nitrogens is 1. The number of carbonyl (C=O) groups excluding carboxylic acids is 2. The zero-order chi connectivity index (χ0) is 19.4. The summed E-state index contributed by atoms with van der Waals surface area (Å²) in [6.45, 7) is 4.36. The molecule has 0 radical (unpaired) electrons. The molecule has 0 atom stereocenters. The molecule has 8 heteroatoms. The van der Waals surface area contributed by atoms with Crippen molar-refractivity contribution in [2.75, 3.05) is 14.1 Å². The van der Waals surface area contributed by atoms with E-state index in [-0.39, 0.29) is 0 Å². The maximum Gasteiger partial charge on any atom is 0.273 e. The van der Waals surface area contributed by atoms with E-state index in [4.69, 9.17) is 9.59 Å². The van der Waals surface area contributed by atoms with Crippen molar-refractivity contribution in [3.05, 3.63) is 36.5 Å². The van der Waals surface area contributed by atoms with Gasteiger partial charge in [-0.15, -0.1) is 0 Å². The average molecular weight is 375 g/mol. The molecule has 6 N–H and O–H groups in total. The summed E-state index contributed by atoms with van der Waals surface area (Å²) in [5, 5.41) is 2.75. The first-order chi connectivity index (χ1) is 11.3. The molecule has 2 aromatic rings. The molecule has 0 aliphatic carbocycles. The average Bonchev–Trinajstić information content (AvgIpc) is 2.95. The maximum absolute atomic E-state index is 9.09. The van der Waals surface area contributed by atoms with Crippen LogP contribution in [0.3, 0.4) is 0 Å². The van der Waals surface area contributed by atoms with E-state index in [1.807, 2.05) is 32.4 Å². The van der Waals surface area contributed by atoms with E-state index in [0.717, 1.165) is 0 Å². The second-order valence-electron chi connectivity index (χ2n) is 4.24. The van der Waals surface area contributed by atoms with Gasteiger partial charge in [0.2, 0.25) is 0 Å². The standard InChI is InChI=1S/C8H7N.C4H10.C2H7N.2CH3NOS/c1-2-4-8-7(3-1)5-6-9-8;1-3-4-2;1-3-2;2*2-1(3)4/h1-6,9H;3-4H2,1-2H3;3H,1-2H3;2*(H3,2,3,4). The lowest BCUT2D eigenvalue weighted by Gasteiger charge is -1.83. The predicted molar refractivity (Wildman–Crippen MR) is 111 cm³/mol. The van der Waals surface area contributed by atoms with Crippen LogP contribution in [0, 0.1) is 0 Å². The molecule has 2 amide bonds. The molecule has 0 aliphatic rings. The summed E-state index contributed by atoms with van der Waals surface area (Å²) >= 11 is 6.21. The minimum absolute atomic E-state index is 0.639. The van der Waals surface area contributed by atoms with Gasteiger partial charge in [-0.3, -0.25) is 9.59 Å². The molecule has 0 saturated carbocycles. The number of H-pyrrole nitrogens is 1. The summed E-state index contributed by atoms with van der Waals surface area (Å²) in [4.78, 5) is 21.3. The van der Waals surface area contributed by atoms with Crippen molar-refractivity contribution in [2.45, 2.75) is 26.7 Å². The molecular weight excluding hydrogens is 344 g/mol. The van der Waals surface area contributed by atoms with Crippen LogP contribution < -0.4 is 16.8 Å². The third-order valence-corrected chi connectivity index (χ3v) is 1.96. The maximum atomic E-state index is 9.09. The molecule has 0 aliphatic heterocycles. The van der Waals surface area contributed by atoms with Gasteiger partial charge in [-0.1, -0.05) is 70.1 Å². The molecule has 0 unspecified atom stereocenters. The molecule has 0 fully saturated rings. The number of unbranched alkanes of at least 4 members (excludes halogenated alkanes) is 1. The number of primary amides is 2. The third-order valence-electron chi connectivity index (χ3n) is 1.96. The van der Waals surface area contributed by atoms with Gasteiger partial charge in [0.1, 0.15) is 0 Å². The minimum Gasteiger partial charge on any atom is -0.361 e. The number of nitrogens with one attached hydrogen (secondary N) is 2. The van der Waals surface area contributed by atoms with Crippen molar-refractivity contribution >= 4 is 46.6 Å². The number of rotatable bonds is 1. The van der Waals surface area contributed by atoms with Crippen LogP contribution in [-0.4, -0.2) is 29.6 Å². The Morgan fingerprint density at radius 3 is 1.71 bits per heavy atom. The van der Waals surface area contributed by atoms with Gasteiger partial charge in [-0.2, -0.15) is 0 Å². The summed E-state index contributed by atoms with van der Waals surface area (Å²) < 4.78 is 0. The number of nitrogens with two attached hydrogens (primary N) is 2. The summed E-state index contributed by atoms with van der Waals surface area (Å²) in [6, 6.07) is 10.3. The van der Waals surface area contributed by atoms with Crippen molar-refractivity contribution in [1.82, 2.24) is 10.3 Å². The van der Waals surface area contributed by atoms with Gasteiger partial charge in [0, 0.05) is 11.7 Å². The van der Waals surface area contributed by atoms with Crippen LogP contribution >= 0.6 is 25.3 Å². The first-order valence-electron chi connectivity index (χ1n) is 7.34. The Morgan fingerprint density at radius 2 is 1.38 bits per heavy atom. The van der Waals surface area contributed by atoms with Crippen molar-refractivity contribution < 1.29 is 9.59 Å². The highest BCUT2D eigenvalue weighted by Gasteiger charge is 1.86. The topological polar surface area (TPSA) is 114 Å². The zero-order valence-electron chi connectivity index (χ0n) is 14.7. The fraction of sp³-hybridized carbons (Fsp3) is 0.375. The summed E-state index contributed by atoms with van der Waals surface area (Å²) in [5.41, 5.74) is 9.88. The van der Waals surface area contributed by atoms with Crippen molar-refractivity contribution in [3.8, 4) is 0 Å². The van der Waals surface area contributed by atoms with Crippen molar-refractivity contribution in [2.24, 2.45) is 11.5 Å². The molecule has 1 heterocycles.